The van der Waals surface area contributed by atoms with Crippen molar-refractivity contribution in [1.82, 2.24) is 4.90 Å². The number of carbonyl (C=O) groups is 3. The fraction of sp³-hybridized carbons (Fsp3) is 0.286. The summed E-state index contributed by atoms with van der Waals surface area (Å²) < 4.78 is 5.33. The molecule has 2 fully saturated rings. The minimum absolute atomic E-state index is 0.0976. The van der Waals surface area contributed by atoms with Crippen LogP contribution in [0.3, 0.4) is 0 Å². The molecule has 0 radical (unpaired) electrons. The van der Waals surface area contributed by atoms with Crippen molar-refractivity contribution in [2.45, 2.75) is 12.5 Å². The third kappa shape index (κ3) is 3.46. The first-order chi connectivity index (χ1) is 13.6. The van der Waals surface area contributed by atoms with Gasteiger partial charge >= 0.3 is 0 Å². The van der Waals surface area contributed by atoms with E-state index in [0.29, 0.717) is 36.9 Å². The second-order valence-electron chi connectivity index (χ2n) is 6.79. The normalized spacial score (nSPS) is 20.6. The van der Waals surface area contributed by atoms with Crippen molar-refractivity contribution in [2.24, 2.45) is 0 Å². The maximum absolute atomic E-state index is 13.1. The Balaban J connectivity index is 1.70. The molecule has 2 aliphatic rings. The van der Waals surface area contributed by atoms with E-state index in [1.807, 2.05) is 11.0 Å². The number of carbonyl (C=O) groups excluding carboxylic acids is 3. The number of morpholine rings is 1. The molecule has 0 aliphatic carbocycles. The summed E-state index contributed by atoms with van der Waals surface area (Å²) in [5.41, 5.74) is 0.988. The SMILES string of the molecule is O=C(c1ccccc1)c1cc(Cl)ccc1N1C(=O)C[C@@H](N2CCOCC2)C1=O. The summed E-state index contributed by atoms with van der Waals surface area (Å²) in [7, 11) is 0. The Kier molecular flexibility index (Phi) is 5.26. The molecule has 0 N–H and O–H groups in total. The Morgan fingerprint density at radius 2 is 1.75 bits per heavy atom. The predicted octanol–water partition coefficient (Wildman–Crippen LogP) is 2.54. The minimum atomic E-state index is -0.522. The first-order valence-electron chi connectivity index (χ1n) is 9.14. The van der Waals surface area contributed by atoms with Crippen LogP contribution in [-0.4, -0.2) is 54.8 Å². The number of ketones is 1. The minimum Gasteiger partial charge on any atom is -0.379 e. The maximum atomic E-state index is 13.1. The van der Waals surface area contributed by atoms with E-state index in [-0.39, 0.29) is 35.3 Å². The Bertz CT molecular complexity index is 925. The van der Waals surface area contributed by atoms with Crippen LogP contribution in [0.5, 0.6) is 0 Å². The maximum Gasteiger partial charge on any atom is 0.251 e. The molecule has 144 valence electrons. The number of anilines is 1. The van der Waals surface area contributed by atoms with Gasteiger partial charge in [-0.05, 0) is 18.2 Å². The lowest BCUT2D eigenvalue weighted by Crippen LogP contribution is -2.47. The predicted molar refractivity (Wildman–Crippen MR) is 105 cm³/mol. The van der Waals surface area contributed by atoms with Gasteiger partial charge in [0.15, 0.2) is 5.78 Å². The van der Waals surface area contributed by atoms with Gasteiger partial charge < -0.3 is 4.74 Å². The highest BCUT2D eigenvalue weighted by atomic mass is 35.5. The van der Waals surface area contributed by atoms with Crippen LogP contribution in [-0.2, 0) is 14.3 Å². The summed E-state index contributed by atoms with van der Waals surface area (Å²) in [6.45, 7) is 2.29. The zero-order chi connectivity index (χ0) is 19.7. The van der Waals surface area contributed by atoms with Gasteiger partial charge in [-0.3, -0.25) is 19.3 Å². The van der Waals surface area contributed by atoms with Crippen LogP contribution >= 0.6 is 11.6 Å². The molecule has 1 atom stereocenters. The number of rotatable bonds is 4. The average molecular weight is 399 g/mol. The lowest BCUT2D eigenvalue weighted by molar-refractivity contribution is -0.123. The highest BCUT2D eigenvalue weighted by Gasteiger charge is 2.44. The lowest BCUT2D eigenvalue weighted by atomic mass is 10.0. The summed E-state index contributed by atoms with van der Waals surface area (Å²) in [5.74, 6) is -0.907. The molecule has 6 nitrogen and oxygen atoms in total. The van der Waals surface area contributed by atoms with Crippen molar-refractivity contribution in [3.8, 4) is 0 Å². The summed E-state index contributed by atoms with van der Waals surface area (Å²) in [6, 6.07) is 12.9. The third-order valence-electron chi connectivity index (χ3n) is 5.09. The first-order valence-corrected chi connectivity index (χ1v) is 9.52. The van der Waals surface area contributed by atoms with Gasteiger partial charge in [0.1, 0.15) is 0 Å². The van der Waals surface area contributed by atoms with Gasteiger partial charge in [0.05, 0.1) is 31.4 Å². The van der Waals surface area contributed by atoms with E-state index in [9.17, 15) is 14.4 Å². The van der Waals surface area contributed by atoms with Gasteiger partial charge in [0.2, 0.25) is 5.91 Å². The zero-order valence-corrected chi connectivity index (χ0v) is 15.9. The molecule has 28 heavy (non-hydrogen) atoms. The molecule has 2 saturated heterocycles. The third-order valence-corrected chi connectivity index (χ3v) is 5.32. The van der Waals surface area contributed by atoms with Crippen LogP contribution < -0.4 is 4.90 Å². The summed E-state index contributed by atoms with van der Waals surface area (Å²) in [4.78, 5) is 42.0. The molecule has 2 aromatic rings. The fourth-order valence-electron chi connectivity index (χ4n) is 3.67. The molecule has 0 spiro atoms. The molecular formula is C21H19ClN2O4. The van der Waals surface area contributed by atoms with Gasteiger partial charge in [-0.1, -0.05) is 41.9 Å². The Morgan fingerprint density at radius 3 is 2.46 bits per heavy atom. The van der Waals surface area contributed by atoms with Gasteiger partial charge in [-0.25, -0.2) is 4.90 Å². The zero-order valence-electron chi connectivity index (χ0n) is 15.1. The molecule has 2 aromatic carbocycles. The number of halogens is 1. The number of imide groups is 1. The van der Waals surface area contributed by atoms with E-state index in [2.05, 4.69) is 0 Å². The summed E-state index contributed by atoms with van der Waals surface area (Å²) in [6.07, 6.45) is 0.0976. The van der Waals surface area contributed by atoms with E-state index < -0.39 is 6.04 Å². The Morgan fingerprint density at radius 1 is 1.04 bits per heavy atom. The van der Waals surface area contributed by atoms with Crippen LogP contribution in [0.4, 0.5) is 5.69 Å². The number of hydrogen-bond donors (Lipinski definition) is 0. The van der Waals surface area contributed by atoms with Crippen molar-refractivity contribution < 1.29 is 19.1 Å². The Hall–Kier alpha value is -2.54. The lowest BCUT2D eigenvalue weighted by Gasteiger charge is -2.30. The van der Waals surface area contributed by atoms with Crippen LogP contribution in [0.25, 0.3) is 0 Å². The van der Waals surface area contributed by atoms with Gasteiger partial charge in [0.25, 0.3) is 5.91 Å². The standard InChI is InChI=1S/C21H19ClN2O4/c22-15-6-7-17(16(12-15)20(26)14-4-2-1-3-5-14)24-19(25)13-18(21(24)27)23-8-10-28-11-9-23/h1-7,12,18H,8-11,13H2/t18-/m1/s1. The van der Waals surface area contributed by atoms with Crippen molar-refractivity contribution >= 4 is 34.9 Å². The number of nitrogens with zero attached hydrogens (tertiary/aromatic N) is 2. The van der Waals surface area contributed by atoms with E-state index in [4.69, 9.17) is 16.3 Å². The first kappa shape index (κ1) is 18.8. The van der Waals surface area contributed by atoms with Crippen molar-refractivity contribution in [3.05, 3.63) is 64.7 Å². The molecule has 4 rings (SSSR count). The quantitative estimate of drug-likeness (QED) is 0.585. The van der Waals surface area contributed by atoms with Gasteiger partial charge in [0, 0.05) is 29.2 Å². The van der Waals surface area contributed by atoms with Gasteiger partial charge in [-0.15, -0.1) is 0 Å². The molecule has 0 saturated carbocycles. The Labute approximate surface area is 167 Å². The molecule has 2 aliphatic heterocycles. The molecule has 0 aromatic heterocycles. The van der Waals surface area contributed by atoms with Crippen molar-refractivity contribution in [1.29, 1.82) is 0 Å². The molecule has 7 heteroatoms. The van der Waals surface area contributed by atoms with Crippen molar-refractivity contribution in [3.63, 3.8) is 0 Å². The van der Waals surface area contributed by atoms with Crippen LogP contribution in [0, 0.1) is 0 Å². The summed E-state index contributed by atoms with van der Waals surface area (Å²) >= 11 is 6.12. The number of amides is 2. The van der Waals surface area contributed by atoms with Crippen molar-refractivity contribution in [2.75, 3.05) is 31.2 Å². The molecule has 0 bridgehead atoms. The number of benzene rings is 2. The largest absolute Gasteiger partial charge is 0.379 e. The highest BCUT2D eigenvalue weighted by Crippen LogP contribution is 2.32. The monoisotopic (exact) mass is 398 g/mol. The van der Waals surface area contributed by atoms with Crippen LogP contribution in [0.1, 0.15) is 22.3 Å². The molecular weight excluding hydrogens is 380 g/mol. The highest BCUT2D eigenvalue weighted by molar-refractivity contribution is 6.32. The molecule has 2 heterocycles. The van der Waals surface area contributed by atoms with Crippen LogP contribution in [0.15, 0.2) is 48.5 Å². The molecule has 0 unspecified atom stereocenters. The number of hydrogen-bond acceptors (Lipinski definition) is 5. The van der Waals surface area contributed by atoms with E-state index in [1.165, 1.54) is 6.07 Å². The summed E-state index contributed by atoms with van der Waals surface area (Å²) in [5, 5.41) is 0.367. The second-order valence-corrected chi connectivity index (χ2v) is 7.23. The van der Waals surface area contributed by atoms with Gasteiger partial charge in [-0.2, -0.15) is 0 Å². The smallest absolute Gasteiger partial charge is 0.251 e. The topological polar surface area (TPSA) is 66.9 Å². The number of ether oxygens (including phenoxy) is 1. The van der Waals surface area contributed by atoms with E-state index >= 15 is 0 Å². The fourth-order valence-corrected chi connectivity index (χ4v) is 3.85. The van der Waals surface area contributed by atoms with E-state index in [1.54, 1.807) is 36.4 Å². The van der Waals surface area contributed by atoms with E-state index in [0.717, 1.165) is 4.90 Å². The van der Waals surface area contributed by atoms with Crippen LogP contribution in [0.2, 0.25) is 5.02 Å². The average Bonchev–Trinajstić information content (AvgIpc) is 3.03. The molecule has 2 amide bonds. The second kappa shape index (κ2) is 7.83.